The van der Waals surface area contributed by atoms with Crippen molar-refractivity contribution < 1.29 is 14.2 Å². The van der Waals surface area contributed by atoms with Crippen LogP contribution in [0.15, 0.2) is 24.3 Å². The minimum atomic E-state index is -0.181. The van der Waals surface area contributed by atoms with Crippen LogP contribution in [0.25, 0.3) is 0 Å². The highest BCUT2D eigenvalue weighted by atomic mass is 16.7. The summed E-state index contributed by atoms with van der Waals surface area (Å²) in [4.78, 5) is 4.94. The molecule has 0 aromatic heterocycles. The second kappa shape index (κ2) is 8.60. The fourth-order valence-corrected chi connectivity index (χ4v) is 3.84. The van der Waals surface area contributed by atoms with Crippen molar-refractivity contribution in [2.75, 3.05) is 59.7 Å². The van der Waals surface area contributed by atoms with Crippen molar-refractivity contribution in [1.29, 1.82) is 0 Å². The Morgan fingerprint density at radius 2 is 1.68 bits per heavy atom. The molecular weight excluding hydrogens is 316 g/mol. The van der Waals surface area contributed by atoms with E-state index in [0.717, 1.165) is 51.5 Å². The van der Waals surface area contributed by atoms with E-state index in [-0.39, 0.29) is 11.7 Å². The van der Waals surface area contributed by atoms with Gasteiger partial charge in [0.25, 0.3) is 0 Å². The second-order valence-corrected chi connectivity index (χ2v) is 8.04. The molecule has 5 heteroatoms. The van der Waals surface area contributed by atoms with Gasteiger partial charge in [-0.2, -0.15) is 0 Å². The van der Waals surface area contributed by atoms with Crippen molar-refractivity contribution in [1.82, 2.24) is 9.80 Å². The first-order chi connectivity index (χ1) is 12.0. The zero-order valence-electron chi connectivity index (χ0n) is 15.9. The van der Waals surface area contributed by atoms with E-state index >= 15 is 0 Å². The summed E-state index contributed by atoms with van der Waals surface area (Å²) in [5.74, 6) is 0. The zero-order valence-corrected chi connectivity index (χ0v) is 15.9. The number of morpholine rings is 1. The van der Waals surface area contributed by atoms with Gasteiger partial charge in [-0.05, 0) is 18.0 Å². The molecule has 1 aromatic rings. The van der Waals surface area contributed by atoms with Crippen LogP contribution in [0.5, 0.6) is 0 Å². The molecule has 0 radical (unpaired) electrons. The van der Waals surface area contributed by atoms with Crippen LogP contribution >= 0.6 is 0 Å². The van der Waals surface area contributed by atoms with E-state index in [1.54, 1.807) is 0 Å². The first-order valence-electron chi connectivity index (χ1n) is 9.33. The van der Waals surface area contributed by atoms with E-state index in [2.05, 4.69) is 55.0 Å². The Morgan fingerprint density at radius 3 is 2.32 bits per heavy atom. The maximum atomic E-state index is 5.55. The molecule has 0 atom stereocenters. The first-order valence-corrected chi connectivity index (χ1v) is 9.33. The van der Waals surface area contributed by atoms with Crippen LogP contribution in [-0.2, 0) is 20.8 Å². The summed E-state index contributed by atoms with van der Waals surface area (Å²) in [7, 11) is 2.21. The molecular formula is C20H32N2O3. The van der Waals surface area contributed by atoms with Crippen LogP contribution in [0.3, 0.4) is 0 Å². The van der Waals surface area contributed by atoms with Crippen LogP contribution in [-0.4, -0.2) is 69.5 Å². The molecule has 0 unspecified atom stereocenters. The van der Waals surface area contributed by atoms with E-state index in [1.807, 2.05) is 0 Å². The number of hydrogen-bond donors (Lipinski definition) is 0. The number of benzene rings is 1. The number of hydrogen-bond acceptors (Lipinski definition) is 5. The molecule has 0 saturated carbocycles. The maximum Gasteiger partial charge on any atom is 0.184 e. The third-order valence-electron chi connectivity index (χ3n) is 4.78. The molecule has 0 aliphatic carbocycles. The summed E-state index contributed by atoms with van der Waals surface area (Å²) >= 11 is 0. The SMILES string of the molecule is CN(Cc1ccc(C2OCCO2)cc1)CC(C)(C)CN1CCOCC1. The van der Waals surface area contributed by atoms with Crippen LogP contribution in [0.1, 0.15) is 31.3 Å². The molecule has 0 bridgehead atoms. The lowest BCUT2D eigenvalue weighted by molar-refractivity contribution is -0.0441. The average molecular weight is 348 g/mol. The third-order valence-corrected chi connectivity index (χ3v) is 4.78. The Kier molecular flexibility index (Phi) is 6.47. The van der Waals surface area contributed by atoms with Gasteiger partial charge < -0.3 is 19.1 Å². The van der Waals surface area contributed by atoms with Gasteiger partial charge in [0.1, 0.15) is 0 Å². The average Bonchev–Trinajstić information content (AvgIpc) is 3.10. The summed E-state index contributed by atoms with van der Waals surface area (Å²) in [5, 5.41) is 0. The molecule has 1 aromatic carbocycles. The first kappa shape index (κ1) is 18.8. The van der Waals surface area contributed by atoms with Gasteiger partial charge >= 0.3 is 0 Å². The van der Waals surface area contributed by atoms with Crippen molar-refractivity contribution in [3.05, 3.63) is 35.4 Å². The molecule has 5 nitrogen and oxygen atoms in total. The van der Waals surface area contributed by atoms with E-state index < -0.39 is 0 Å². The Bertz CT molecular complexity index is 520. The van der Waals surface area contributed by atoms with E-state index in [1.165, 1.54) is 5.56 Å². The monoisotopic (exact) mass is 348 g/mol. The van der Waals surface area contributed by atoms with Crippen molar-refractivity contribution in [3.8, 4) is 0 Å². The summed E-state index contributed by atoms with van der Waals surface area (Å²) in [6.45, 7) is 13.1. The van der Waals surface area contributed by atoms with Crippen LogP contribution in [0.2, 0.25) is 0 Å². The van der Waals surface area contributed by atoms with Gasteiger partial charge in [0.2, 0.25) is 0 Å². The van der Waals surface area contributed by atoms with Crippen LogP contribution in [0.4, 0.5) is 0 Å². The Labute approximate surface area is 151 Å². The number of rotatable bonds is 7. The molecule has 0 spiro atoms. The molecule has 2 fully saturated rings. The standard InChI is InChI=1S/C20H32N2O3/c1-20(2,16-22-8-10-23-11-9-22)15-21(3)14-17-4-6-18(7-5-17)19-24-12-13-25-19/h4-7,19H,8-16H2,1-3H3. The van der Waals surface area contributed by atoms with Crippen molar-refractivity contribution >= 4 is 0 Å². The van der Waals surface area contributed by atoms with E-state index in [0.29, 0.717) is 13.2 Å². The third kappa shape index (κ3) is 5.76. The van der Waals surface area contributed by atoms with Crippen LogP contribution in [0, 0.1) is 5.41 Å². The Hall–Kier alpha value is -0.980. The molecule has 140 valence electrons. The predicted octanol–water partition coefficient (Wildman–Crippen LogP) is 2.52. The summed E-state index contributed by atoms with van der Waals surface area (Å²) < 4.78 is 16.6. The van der Waals surface area contributed by atoms with Crippen LogP contribution < -0.4 is 0 Å². The normalized spacial score (nSPS) is 20.5. The molecule has 3 rings (SSSR count). The molecule has 2 heterocycles. The molecule has 0 amide bonds. The topological polar surface area (TPSA) is 34.2 Å². The van der Waals surface area contributed by atoms with E-state index in [9.17, 15) is 0 Å². The van der Waals surface area contributed by atoms with Gasteiger partial charge in [0, 0.05) is 38.3 Å². The fourth-order valence-electron chi connectivity index (χ4n) is 3.84. The highest BCUT2D eigenvalue weighted by Gasteiger charge is 2.25. The van der Waals surface area contributed by atoms with Gasteiger partial charge in [0.15, 0.2) is 6.29 Å². The van der Waals surface area contributed by atoms with Gasteiger partial charge in [0.05, 0.1) is 26.4 Å². The van der Waals surface area contributed by atoms with Gasteiger partial charge in [-0.15, -0.1) is 0 Å². The maximum absolute atomic E-state index is 5.55. The predicted molar refractivity (Wildman–Crippen MR) is 98.5 cm³/mol. The quantitative estimate of drug-likeness (QED) is 0.756. The lowest BCUT2D eigenvalue weighted by atomic mass is 9.91. The molecule has 0 N–H and O–H groups in total. The fraction of sp³-hybridized carbons (Fsp3) is 0.700. The lowest BCUT2D eigenvalue weighted by Gasteiger charge is -2.37. The second-order valence-electron chi connectivity index (χ2n) is 8.04. The zero-order chi connectivity index (χ0) is 17.7. The highest BCUT2D eigenvalue weighted by molar-refractivity contribution is 5.23. The largest absolute Gasteiger partial charge is 0.379 e. The van der Waals surface area contributed by atoms with E-state index in [4.69, 9.17) is 14.2 Å². The molecule has 2 aliphatic rings. The number of nitrogens with zero attached hydrogens (tertiary/aromatic N) is 2. The van der Waals surface area contributed by atoms with Crippen molar-refractivity contribution in [3.63, 3.8) is 0 Å². The Balaban J connectivity index is 1.48. The molecule has 2 saturated heterocycles. The number of ether oxygens (including phenoxy) is 3. The summed E-state index contributed by atoms with van der Waals surface area (Å²) in [5.41, 5.74) is 2.69. The summed E-state index contributed by atoms with van der Waals surface area (Å²) in [6, 6.07) is 8.62. The highest BCUT2D eigenvalue weighted by Crippen LogP contribution is 2.24. The van der Waals surface area contributed by atoms with Crippen molar-refractivity contribution in [2.45, 2.75) is 26.7 Å². The van der Waals surface area contributed by atoms with Gasteiger partial charge in [-0.1, -0.05) is 38.1 Å². The minimum absolute atomic E-state index is 0.181. The molecule has 25 heavy (non-hydrogen) atoms. The van der Waals surface area contributed by atoms with Gasteiger partial charge in [-0.3, -0.25) is 4.90 Å². The lowest BCUT2D eigenvalue weighted by Crippen LogP contribution is -2.45. The van der Waals surface area contributed by atoms with Gasteiger partial charge in [-0.25, -0.2) is 0 Å². The van der Waals surface area contributed by atoms with Crippen molar-refractivity contribution in [2.24, 2.45) is 5.41 Å². The Morgan fingerprint density at radius 1 is 1.04 bits per heavy atom. The minimum Gasteiger partial charge on any atom is -0.379 e. The smallest absolute Gasteiger partial charge is 0.184 e. The molecule has 2 aliphatic heterocycles. The summed E-state index contributed by atoms with van der Waals surface area (Å²) in [6.07, 6.45) is -0.181.